The van der Waals surface area contributed by atoms with Gasteiger partial charge < -0.3 is 9.80 Å². The molecule has 0 unspecified atom stereocenters. The van der Waals surface area contributed by atoms with Crippen molar-refractivity contribution in [2.75, 3.05) is 41.9 Å². The monoisotopic (exact) mass is 565 g/mol. The third-order valence-electron chi connectivity index (χ3n) is 5.51. The summed E-state index contributed by atoms with van der Waals surface area (Å²) in [6, 6.07) is 12.3. The molecule has 0 aliphatic carbocycles. The Bertz CT molecular complexity index is 1100. The Balaban J connectivity index is 1.56. The lowest BCUT2D eigenvalue weighted by molar-refractivity contribution is -0.130. The maximum atomic E-state index is 13.2. The first-order chi connectivity index (χ1) is 14.6. The van der Waals surface area contributed by atoms with Crippen molar-refractivity contribution in [3.05, 3.63) is 52.5 Å². The second kappa shape index (κ2) is 8.63. The highest BCUT2D eigenvalue weighted by Crippen LogP contribution is 2.39. The first kappa shape index (κ1) is 23.0. The highest BCUT2D eigenvalue weighted by molar-refractivity contribution is 9.10. The Hall–Kier alpha value is -1.19. The van der Waals surface area contributed by atoms with Crippen molar-refractivity contribution in [2.24, 2.45) is 0 Å². The lowest BCUT2D eigenvalue weighted by Crippen LogP contribution is -2.52. The number of hydrogen-bond donors (Lipinski definition) is 0. The fraction of sp³-hybridized carbons (Fsp3) is 0.350. The van der Waals surface area contributed by atoms with E-state index < -0.39 is 19.7 Å². The van der Waals surface area contributed by atoms with Gasteiger partial charge >= 0.3 is 0 Å². The molecule has 0 spiro atoms. The summed E-state index contributed by atoms with van der Waals surface area (Å²) in [6.45, 7) is 2.38. The van der Waals surface area contributed by atoms with Crippen molar-refractivity contribution in [1.82, 2.24) is 4.90 Å². The van der Waals surface area contributed by atoms with E-state index in [9.17, 15) is 13.2 Å². The molecule has 166 valence electrons. The Labute approximate surface area is 204 Å². The molecule has 1 saturated heterocycles. The summed E-state index contributed by atoms with van der Waals surface area (Å²) in [4.78, 5) is 16.1. The van der Waals surface area contributed by atoms with Gasteiger partial charge in [0.05, 0.1) is 10.6 Å². The van der Waals surface area contributed by atoms with Crippen LogP contribution in [-0.2, 0) is 21.2 Å². The molecule has 2 aliphatic heterocycles. The van der Waals surface area contributed by atoms with E-state index in [0.717, 1.165) is 15.7 Å². The van der Waals surface area contributed by atoms with Crippen LogP contribution in [0.3, 0.4) is 0 Å². The van der Waals surface area contributed by atoms with Crippen LogP contribution in [0, 0.1) is 0 Å². The zero-order valence-electron chi connectivity index (χ0n) is 16.3. The van der Waals surface area contributed by atoms with Gasteiger partial charge in [0.15, 0.2) is 0 Å². The zero-order valence-corrected chi connectivity index (χ0v) is 20.9. The number of sulfonamides is 1. The van der Waals surface area contributed by atoms with Crippen LogP contribution in [0.15, 0.2) is 51.8 Å². The van der Waals surface area contributed by atoms with E-state index >= 15 is 0 Å². The van der Waals surface area contributed by atoms with Gasteiger partial charge in [-0.25, -0.2) is 8.42 Å². The molecular formula is C20H19BrCl3N3O3S. The van der Waals surface area contributed by atoms with E-state index in [2.05, 4.69) is 20.8 Å². The van der Waals surface area contributed by atoms with E-state index in [4.69, 9.17) is 34.8 Å². The van der Waals surface area contributed by atoms with E-state index in [1.54, 1.807) is 24.3 Å². The van der Waals surface area contributed by atoms with Crippen LogP contribution in [-0.4, -0.2) is 55.7 Å². The molecule has 0 bridgehead atoms. The van der Waals surface area contributed by atoms with Crippen molar-refractivity contribution >= 4 is 78.0 Å². The van der Waals surface area contributed by atoms with Crippen LogP contribution in [0.2, 0.25) is 0 Å². The quantitative estimate of drug-likeness (QED) is 0.522. The number of amides is 1. The summed E-state index contributed by atoms with van der Waals surface area (Å²) < 4.78 is 26.8. The predicted octanol–water partition coefficient (Wildman–Crippen LogP) is 4.22. The highest BCUT2D eigenvalue weighted by Gasteiger charge is 2.37. The lowest BCUT2D eigenvalue weighted by Gasteiger charge is -2.38. The van der Waals surface area contributed by atoms with Crippen molar-refractivity contribution in [2.45, 2.75) is 15.1 Å². The maximum Gasteiger partial charge on any atom is 0.274 e. The van der Waals surface area contributed by atoms with E-state index in [1.165, 1.54) is 9.21 Å². The number of hydrogen-bond acceptors (Lipinski definition) is 4. The average Bonchev–Trinajstić information content (AvgIpc) is 3.18. The molecule has 31 heavy (non-hydrogen) atoms. The summed E-state index contributed by atoms with van der Waals surface area (Å²) in [6.07, 6.45) is 0.620. The number of carbonyl (C=O) groups excluding carboxylic acids is 1. The average molecular weight is 568 g/mol. The number of benzene rings is 2. The third kappa shape index (κ3) is 4.50. The first-order valence-electron chi connectivity index (χ1n) is 9.60. The minimum Gasteiger partial charge on any atom is -0.368 e. The number of carbonyl (C=O) groups is 1. The summed E-state index contributed by atoms with van der Waals surface area (Å²) in [5.41, 5.74) is 2.66. The molecule has 6 nitrogen and oxygen atoms in total. The third-order valence-corrected chi connectivity index (χ3v) is 8.35. The molecule has 0 N–H and O–H groups in total. The van der Waals surface area contributed by atoms with Gasteiger partial charge in [-0.2, -0.15) is 0 Å². The molecule has 2 heterocycles. The SMILES string of the molecule is O=C(N1CCN(c2cccc3c2CCN3S(=O)(=O)c2ccc(Br)cc2)CC1)C(Cl)(Cl)Cl. The number of piperazine rings is 1. The predicted molar refractivity (Wildman–Crippen MR) is 128 cm³/mol. The summed E-state index contributed by atoms with van der Waals surface area (Å²) in [7, 11) is -3.66. The van der Waals surface area contributed by atoms with Gasteiger partial charge in [-0.05, 0) is 42.8 Å². The summed E-state index contributed by atoms with van der Waals surface area (Å²) in [5, 5.41) is 0. The Morgan fingerprint density at radius 3 is 2.13 bits per heavy atom. The zero-order chi connectivity index (χ0) is 22.4. The van der Waals surface area contributed by atoms with E-state index in [1.807, 2.05) is 18.2 Å². The second-order valence-corrected chi connectivity index (χ2v) is 12.4. The Morgan fingerprint density at radius 1 is 0.903 bits per heavy atom. The molecule has 1 amide bonds. The van der Waals surface area contributed by atoms with Crippen molar-refractivity contribution in [3.8, 4) is 0 Å². The van der Waals surface area contributed by atoms with Crippen LogP contribution in [0.1, 0.15) is 5.56 Å². The minimum absolute atomic E-state index is 0.257. The molecule has 2 aromatic rings. The largest absolute Gasteiger partial charge is 0.368 e. The molecule has 0 radical (unpaired) electrons. The molecule has 0 saturated carbocycles. The summed E-state index contributed by atoms with van der Waals surface area (Å²) in [5.74, 6) is -0.526. The van der Waals surface area contributed by atoms with Crippen molar-refractivity contribution in [1.29, 1.82) is 0 Å². The van der Waals surface area contributed by atoms with Gasteiger partial charge in [0.2, 0.25) is 0 Å². The minimum atomic E-state index is -3.66. The number of fused-ring (bicyclic) bond motifs is 1. The van der Waals surface area contributed by atoms with Crippen LogP contribution in [0.25, 0.3) is 0 Å². The van der Waals surface area contributed by atoms with Gasteiger partial charge in [-0.3, -0.25) is 9.10 Å². The number of rotatable bonds is 3. The normalized spacial score (nSPS) is 17.1. The molecule has 4 rings (SSSR count). The molecular weight excluding hydrogens is 549 g/mol. The van der Waals surface area contributed by atoms with Crippen LogP contribution < -0.4 is 9.21 Å². The fourth-order valence-corrected chi connectivity index (χ4v) is 6.11. The first-order valence-corrected chi connectivity index (χ1v) is 13.0. The number of halogens is 4. The Kier molecular flexibility index (Phi) is 6.40. The number of anilines is 2. The van der Waals surface area contributed by atoms with Crippen molar-refractivity contribution < 1.29 is 13.2 Å². The van der Waals surface area contributed by atoms with E-state index in [-0.39, 0.29) is 4.90 Å². The van der Waals surface area contributed by atoms with Gasteiger partial charge in [-0.15, -0.1) is 0 Å². The number of nitrogens with zero attached hydrogens (tertiary/aromatic N) is 3. The van der Waals surface area contributed by atoms with E-state index in [0.29, 0.717) is 44.8 Å². The smallest absolute Gasteiger partial charge is 0.274 e. The van der Waals surface area contributed by atoms with Gasteiger partial charge in [0.25, 0.3) is 19.7 Å². The maximum absolute atomic E-state index is 13.2. The fourth-order valence-electron chi connectivity index (χ4n) is 4.00. The van der Waals surface area contributed by atoms with Crippen molar-refractivity contribution in [3.63, 3.8) is 0 Å². The standard InChI is InChI=1S/C20H19BrCl3N3O3S/c21-14-4-6-15(7-5-14)31(29,30)27-9-8-16-17(2-1-3-18(16)27)25-10-12-26(13-11-25)19(28)20(22,23)24/h1-7H,8-13H2. The van der Waals surface area contributed by atoms with Gasteiger partial charge in [-0.1, -0.05) is 56.8 Å². The molecule has 1 fully saturated rings. The topological polar surface area (TPSA) is 60.9 Å². The molecule has 2 aromatic carbocycles. The Morgan fingerprint density at radius 2 is 1.52 bits per heavy atom. The van der Waals surface area contributed by atoms with Gasteiger partial charge in [0, 0.05) is 48.4 Å². The van der Waals surface area contributed by atoms with Crippen LogP contribution in [0.4, 0.5) is 11.4 Å². The lowest BCUT2D eigenvalue weighted by atomic mass is 10.1. The summed E-state index contributed by atoms with van der Waals surface area (Å²) >= 11 is 20.5. The highest BCUT2D eigenvalue weighted by atomic mass is 79.9. The molecule has 2 aliphatic rings. The van der Waals surface area contributed by atoms with Crippen LogP contribution >= 0.6 is 50.7 Å². The number of alkyl halides is 3. The van der Waals surface area contributed by atoms with Gasteiger partial charge in [0.1, 0.15) is 0 Å². The second-order valence-electron chi connectivity index (χ2n) is 7.33. The molecule has 11 heteroatoms. The van der Waals surface area contributed by atoms with Crippen LogP contribution in [0.5, 0.6) is 0 Å². The molecule has 0 atom stereocenters. The molecule has 0 aromatic heterocycles.